The van der Waals surface area contributed by atoms with Crippen LogP contribution < -0.4 is 5.32 Å². The Morgan fingerprint density at radius 2 is 2.04 bits per heavy atom. The first kappa shape index (κ1) is 17.9. The van der Waals surface area contributed by atoms with Gasteiger partial charge >= 0.3 is 0 Å². The number of aromatic nitrogens is 2. The van der Waals surface area contributed by atoms with Crippen molar-refractivity contribution in [2.75, 3.05) is 13.1 Å². The Bertz CT molecular complexity index is 1060. The first-order chi connectivity index (χ1) is 13.5. The van der Waals surface area contributed by atoms with Gasteiger partial charge in [-0.2, -0.15) is 0 Å². The van der Waals surface area contributed by atoms with E-state index >= 15 is 0 Å². The maximum Gasteiger partial charge on any atom is 0.274 e. The fourth-order valence-electron chi connectivity index (χ4n) is 4.69. The molecule has 2 aliphatic rings. The lowest BCUT2D eigenvalue weighted by molar-refractivity contribution is 0.0466. The summed E-state index contributed by atoms with van der Waals surface area (Å²) in [4.78, 5) is 19.6. The minimum absolute atomic E-state index is 0.0257. The number of benzene rings is 1. The van der Waals surface area contributed by atoms with Crippen molar-refractivity contribution in [1.82, 2.24) is 19.6 Å². The number of hydrogen-bond donors (Lipinski definition) is 1. The summed E-state index contributed by atoms with van der Waals surface area (Å²) in [6.07, 6.45) is 5.75. The van der Waals surface area contributed by atoms with Gasteiger partial charge in [0.15, 0.2) is 0 Å². The lowest BCUT2D eigenvalue weighted by atomic mass is 9.72. The number of pyridine rings is 1. The van der Waals surface area contributed by atoms with E-state index < -0.39 is 0 Å². The van der Waals surface area contributed by atoms with Crippen LogP contribution in [0.3, 0.4) is 0 Å². The lowest BCUT2D eigenvalue weighted by Gasteiger charge is -2.49. The molecule has 0 radical (unpaired) electrons. The van der Waals surface area contributed by atoms with E-state index in [-0.39, 0.29) is 11.4 Å². The zero-order chi connectivity index (χ0) is 19.3. The number of nitrogens with one attached hydrogen (secondary N) is 1. The maximum atomic E-state index is 13.1. The van der Waals surface area contributed by atoms with Crippen LogP contribution in [-0.2, 0) is 13.0 Å². The van der Waals surface area contributed by atoms with Crippen molar-refractivity contribution >= 4 is 27.5 Å². The molecule has 0 saturated carbocycles. The molecule has 1 N–H and O–H groups in total. The number of carbonyl (C=O) groups is 1. The number of hydrogen-bond acceptors (Lipinski definition) is 3. The van der Waals surface area contributed by atoms with Crippen molar-refractivity contribution in [1.29, 1.82) is 0 Å². The standard InChI is InChI=1S/C22H23BrN4O/c1-15-12-26(21(28)19-14-27-13-18(23)6-7-20(27)25-19)9-8-22(15)10-16-4-2-3-5-17(16)11-24-22/h2-7,13-15,24H,8-12H2,1H3/t15-,22+/m1/s1. The van der Waals surface area contributed by atoms with Crippen molar-refractivity contribution in [3.63, 3.8) is 0 Å². The first-order valence-corrected chi connectivity index (χ1v) is 10.6. The van der Waals surface area contributed by atoms with Crippen LogP contribution in [0.4, 0.5) is 0 Å². The molecule has 5 rings (SSSR count). The number of halogens is 1. The molecule has 1 fully saturated rings. The van der Waals surface area contributed by atoms with E-state index in [1.165, 1.54) is 11.1 Å². The number of rotatable bonds is 1. The van der Waals surface area contributed by atoms with E-state index in [1.54, 1.807) is 0 Å². The van der Waals surface area contributed by atoms with Gasteiger partial charge in [-0.15, -0.1) is 0 Å². The van der Waals surface area contributed by atoms with Crippen LogP contribution in [0.25, 0.3) is 5.65 Å². The minimum atomic E-state index is 0.0257. The molecule has 2 aromatic heterocycles. The molecule has 1 spiro atoms. The molecule has 1 saturated heterocycles. The van der Waals surface area contributed by atoms with Gasteiger partial charge < -0.3 is 14.6 Å². The maximum absolute atomic E-state index is 13.1. The van der Waals surface area contributed by atoms with Crippen LogP contribution in [0.1, 0.15) is 35.0 Å². The summed E-state index contributed by atoms with van der Waals surface area (Å²) in [5.74, 6) is 0.405. The average molecular weight is 439 g/mol. The summed E-state index contributed by atoms with van der Waals surface area (Å²) in [5, 5.41) is 3.80. The number of likely N-dealkylation sites (tertiary alicyclic amines) is 1. The molecule has 1 amide bonds. The Balaban J connectivity index is 1.35. The summed E-state index contributed by atoms with van der Waals surface area (Å²) < 4.78 is 2.86. The first-order valence-electron chi connectivity index (χ1n) is 9.79. The molecule has 0 aliphatic carbocycles. The van der Waals surface area contributed by atoms with Gasteiger partial charge in [-0.3, -0.25) is 4.79 Å². The molecule has 144 valence electrons. The van der Waals surface area contributed by atoms with E-state index in [0.717, 1.165) is 42.6 Å². The highest BCUT2D eigenvalue weighted by molar-refractivity contribution is 9.10. The third-order valence-electron chi connectivity index (χ3n) is 6.44. The van der Waals surface area contributed by atoms with Gasteiger partial charge in [-0.1, -0.05) is 31.2 Å². The van der Waals surface area contributed by atoms with E-state index in [9.17, 15) is 4.79 Å². The van der Waals surface area contributed by atoms with Gasteiger partial charge in [-0.25, -0.2) is 4.98 Å². The van der Waals surface area contributed by atoms with Gasteiger partial charge in [0.2, 0.25) is 0 Å². The number of nitrogens with zero attached hydrogens (tertiary/aromatic N) is 3. The lowest BCUT2D eigenvalue weighted by Crippen LogP contribution is -2.62. The highest BCUT2D eigenvalue weighted by atomic mass is 79.9. The van der Waals surface area contributed by atoms with Crippen molar-refractivity contribution in [2.24, 2.45) is 5.92 Å². The van der Waals surface area contributed by atoms with Crippen molar-refractivity contribution in [2.45, 2.75) is 31.8 Å². The third-order valence-corrected chi connectivity index (χ3v) is 6.91. The summed E-state index contributed by atoms with van der Waals surface area (Å²) in [5.41, 5.74) is 4.23. The van der Waals surface area contributed by atoms with Crippen molar-refractivity contribution < 1.29 is 4.79 Å². The molecule has 4 heterocycles. The number of imidazole rings is 1. The molecule has 1 aromatic carbocycles. The van der Waals surface area contributed by atoms with Gasteiger partial charge in [-0.05, 0) is 57.9 Å². The molecule has 6 heteroatoms. The van der Waals surface area contributed by atoms with Crippen LogP contribution >= 0.6 is 15.9 Å². The van der Waals surface area contributed by atoms with Gasteiger partial charge in [0.05, 0.1) is 0 Å². The Hall–Kier alpha value is -2.18. The second kappa shape index (κ2) is 6.71. The van der Waals surface area contributed by atoms with Crippen LogP contribution in [0.5, 0.6) is 0 Å². The summed E-state index contributed by atoms with van der Waals surface area (Å²) in [6, 6.07) is 12.5. The SMILES string of the molecule is C[C@@H]1CN(C(=O)c2cn3cc(Br)ccc3n2)CC[C@]12Cc1ccccc1CN2. The van der Waals surface area contributed by atoms with E-state index in [2.05, 4.69) is 57.4 Å². The quantitative estimate of drug-likeness (QED) is 0.630. The second-order valence-electron chi connectivity index (χ2n) is 8.10. The zero-order valence-electron chi connectivity index (χ0n) is 15.9. The fraction of sp³-hybridized carbons (Fsp3) is 0.364. The third kappa shape index (κ3) is 2.95. The molecule has 2 aliphatic heterocycles. The molecule has 5 nitrogen and oxygen atoms in total. The molecule has 28 heavy (non-hydrogen) atoms. The largest absolute Gasteiger partial charge is 0.337 e. The Labute approximate surface area is 172 Å². The van der Waals surface area contributed by atoms with Crippen LogP contribution in [0, 0.1) is 5.92 Å². The summed E-state index contributed by atoms with van der Waals surface area (Å²) in [6.45, 7) is 4.69. The molecule has 0 bridgehead atoms. The van der Waals surface area contributed by atoms with E-state index in [0.29, 0.717) is 11.6 Å². The Kier molecular flexibility index (Phi) is 4.29. The van der Waals surface area contributed by atoms with Gasteiger partial charge in [0.1, 0.15) is 11.3 Å². The topological polar surface area (TPSA) is 49.6 Å². The number of fused-ring (bicyclic) bond motifs is 2. The molecule has 2 atom stereocenters. The summed E-state index contributed by atoms with van der Waals surface area (Å²) in [7, 11) is 0. The molecule has 3 aromatic rings. The van der Waals surface area contributed by atoms with E-state index in [1.807, 2.05) is 33.8 Å². The second-order valence-corrected chi connectivity index (χ2v) is 9.01. The Morgan fingerprint density at radius 3 is 2.86 bits per heavy atom. The van der Waals surface area contributed by atoms with Crippen molar-refractivity contribution in [3.8, 4) is 0 Å². The fourth-order valence-corrected chi connectivity index (χ4v) is 5.05. The minimum Gasteiger partial charge on any atom is -0.337 e. The zero-order valence-corrected chi connectivity index (χ0v) is 17.4. The Morgan fingerprint density at radius 1 is 1.21 bits per heavy atom. The number of carbonyl (C=O) groups excluding carboxylic acids is 1. The smallest absolute Gasteiger partial charge is 0.274 e. The van der Waals surface area contributed by atoms with Crippen LogP contribution in [0.2, 0.25) is 0 Å². The average Bonchev–Trinajstić information content (AvgIpc) is 3.13. The monoisotopic (exact) mass is 438 g/mol. The number of piperidine rings is 1. The van der Waals surface area contributed by atoms with E-state index in [4.69, 9.17) is 0 Å². The van der Waals surface area contributed by atoms with Crippen LogP contribution in [-0.4, -0.2) is 38.8 Å². The van der Waals surface area contributed by atoms with Gasteiger partial charge in [0, 0.05) is 42.0 Å². The predicted molar refractivity (Wildman–Crippen MR) is 112 cm³/mol. The normalized spacial score (nSPS) is 24.5. The predicted octanol–water partition coefficient (Wildman–Crippen LogP) is 3.66. The van der Waals surface area contributed by atoms with Crippen molar-refractivity contribution in [3.05, 3.63) is 70.1 Å². The molecular weight excluding hydrogens is 416 g/mol. The van der Waals surface area contributed by atoms with Crippen LogP contribution in [0.15, 0.2) is 53.3 Å². The molecular formula is C22H23BrN4O. The summed E-state index contributed by atoms with van der Waals surface area (Å²) >= 11 is 3.46. The highest BCUT2D eigenvalue weighted by Crippen LogP contribution is 2.36. The molecule has 0 unspecified atom stereocenters. The number of amides is 1. The highest BCUT2D eigenvalue weighted by Gasteiger charge is 2.43. The van der Waals surface area contributed by atoms with Gasteiger partial charge in [0.25, 0.3) is 5.91 Å².